The number of carbonyl (C=O) groups excluding carboxylic acids is 2. The van der Waals surface area contributed by atoms with Crippen molar-refractivity contribution in [1.29, 1.82) is 0 Å². The number of hydrogen-bond acceptors (Lipinski definition) is 5. The number of carbonyl (C=O) groups is 2. The molecule has 0 radical (unpaired) electrons. The Bertz CT molecular complexity index is 914. The molecule has 0 spiro atoms. The third-order valence-electron chi connectivity index (χ3n) is 3.90. The number of ether oxygens (including phenoxy) is 1. The summed E-state index contributed by atoms with van der Waals surface area (Å²) in [5.74, 6) is 0.544. The number of methoxy groups -OCH3 is 1. The molecule has 3 aromatic rings. The quantitative estimate of drug-likeness (QED) is 0.668. The van der Waals surface area contributed by atoms with E-state index in [4.69, 9.17) is 9.15 Å². The molecule has 0 aliphatic carbocycles. The van der Waals surface area contributed by atoms with Gasteiger partial charge in [-0.25, -0.2) is 0 Å². The first-order chi connectivity index (χ1) is 13.1. The minimum absolute atomic E-state index is 0.144. The zero-order valence-electron chi connectivity index (χ0n) is 15.1. The fourth-order valence-corrected chi connectivity index (χ4v) is 2.44. The molecule has 0 fully saturated rings. The van der Waals surface area contributed by atoms with Crippen LogP contribution in [-0.4, -0.2) is 28.7 Å². The summed E-state index contributed by atoms with van der Waals surface area (Å²) in [6.07, 6.45) is 3.16. The van der Waals surface area contributed by atoms with Gasteiger partial charge < -0.3 is 19.8 Å². The third kappa shape index (κ3) is 4.35. The van der Waals surface area contributed by atoms with E-state index < -0.39 is 5.91 Å². The summed E-state index contributed by atoms with van der Waals surface area (Å²) < 4.78 is 11.9. The summed E-state index contributed by atoms with van der Waals surface area (Å²) in [5.41, 5.74) is 0.932. The summed E-state index contributed by atoms with van der Waals surface area (Å²) in [5, 5.41) is 9.72. The highest BCUT2D eigenvalue weighted by molar-refractivity contribution is 6.08. The van der Waals surface area contributed by atoms with Gasteiger partial charge in [0.2, 0.25) is 0 Å². The summed E-state index contributed by atoms with van der Waals surface area (Å²) in [7, 11) is 1.56. The van der Waals surface area contributed by atoms with Gasteiger partial charge in [-0.05, 0) is 43.3 Å². The van der Waals surface area contributed by atoms with E-state index in [1.165, 1.54) is 6.26 Å². The van der Waals surface area contributed by atoms with Crippen molar-refractivity contribution in [2.75, 3.05) is 12.4 Å². The molecule has 0 aliphatic rings. The number of amides is 2. The van der Waals surface area contributed by atoms with Crippen LogP contribution in [0.2, 0.25) is 0 Å². The normalized spacial score (nSPS) is 10.4. The summed E-state index contributed by atoms with van der Waals surface area (Å²) >= 11 is 0. The molecule has 140 valence electrons. The molecule has 2 amide bonds. The molecule has 1 aromatic carbocycles. The topological polar surface area (TPSA) is 98.4 Å². The molecule has 27 heavy (non-hydrogen) atoms. The number of nitrogens with zero attached hydrogens (tertiary/aromatic N) is 2. The maximum absolute atomic E-state index is 12.5. The average molecular weight is 368 g/mol. The van der Waals surface area contributed by atoms with Crippen molar-refractivity contribution in [2.45, 2.75) is 20.0 Å². The van der Waals surface area contributed by atoms with Crippen molar-refractivity contribution in [3.63, 3.8) is 0 Å². The van der Waals surface area contributed by atoms with Crippen molar-refractivity contribution >= 4 is 17.5 Å². The number of anilines is 1. The molecule has 0 saturated heterocycles. The predicted molar refractivity (Wildman–Crippen MR) is 98.7 cm³/mol. The lowest BCUT2D eigenvalue weighted by atomic mass is 10.2. The fraction of sp³-hybridized carbons (Fsp3) is 0.211. The SMILES string of the molecule is CCn1cc(NC(=O)c2ccc(OC)cc2)c(C(=O)NCc2ccco2)n1. The Kier molecular flexibility index (Phi) is 5.55. The van der Waals surface area contributed by atoms with E-state index in [0.29, 0.717) is 29.3 Å². The molecule has 8 nitrogen and oxygen atoms in total. The van der Waals surface area contributed by atoms with Crippen LogP contribution in [0.3, 0.4) is 0 Å². The van der Waals surface area contributed by atoms with Crippen LogP contribution < -0.4 is 15.4 Å². The first-order valence-corrected chi connectivity index (χ1v) is 8.44. The van der Waals surface area contributed by atoms with E-state index in [-0.39, 0.29) is 18.1 Å². The standard InChI is InChI=1S/C19H20N4O4/c1-3-23-12-16(21-18(24)13-6-8-14(26-2)9-7-13)17(22-23)19(25)20-11-15-5-4-10-27-15/h4-10,12H,3,11H2,1-2H3,(H,20,25)(H,21,24). The Morgan fingerprint density at radius 3 is 2.59 bits per heavy atom. The van der Waals surface area contributed by atoms with Crippen molar-refractivity contribution in [1.82, 2.24) is 15.1 Å². The van der Waals surface area contributed by atoms with E-state index in [1.807, 2.05) is 6.92 Å². The maximum atomic E-state index is 12.5. The zero-order valence-corrected chi connectivity index (χ0v) is 15.1. The van der Waals surface area contributed by atoms with Gasteiger partial charge >= 0.3 is 0 Å². The second-order valence-corrected chi connectivity index (χ2v) is 5.69. The summed E-state index contributed by atoms with van der Waals surface area (Å²) in [6, 6.07) is 10.2. The lowest BCUT2D eigenvalue weighted by Gasteiger charge is -2.06. The second kappa shape index (κ2) is 8.22. The highest BCUT2D eigenvalue weighted by atomic mass is 16.5. The number of benzene rings is 1. The van der Waals surface area contributed by atoms with Crippen molar-refractivity contribution < 1.29 is 18.7 Å². The Labute approximate surface area is 156 Å². The minimum atomic E-state index is -0.399. The van der Waals surface area contributed by atoms with Crippen LogP contribution in [0.5, 0.6) is 5.75 Å². The number of hydrogen-bond donors (Lipinski definition) is 2. The molecular weight excluding hydrogens is 348 g/mol. The molecule has 2 aromatic heterocycles. The number of rotatable bonds is 7. The van der Waals surface area contributed by atoms with Gasteiger partial charge in [0.25, 0.3) is 11.8 Å². The molecule has 2 N–H and O–H groups in total. The Morgan fingerprint density at radius 1 is 1.19 bits per heavy atom. The van der Waals surface area contributed by atoms with Gasteiger partial charge in [-0.15, -0.1) is 0 Å². The summed E-state index contributed by atoms with van der Waals surface area (Å²) in [6.45, 7) is 2.69. The fourth-order valence-electron chi connectivity index (χ4n) is 2.44. The molecule has 0 atom stereocenters. The van der Waals surface area contributed by atoms with Gasteiger partial charge in [-0.1, -0.05) is 0 Å². The molecule has 3 rings (SSSR count). The number of aromatic nitrogens is 2. The minimum Gasteiger partial charge on any atom is -0.497 e. The van der Waals surface area contributed by atoms with Gasteiger partial charge in [0.15, 0.2) is 5.69 Å². The first kappa shape index (κ1) is 18.2. The smallest absolute Gasteiger partial charge is 0.274 e. The van der Waals surface area contributed by atoms with Crippen molar-refractivity contribution in [3.8, 4) is 5.75 Å². The molecule has 8 heteroatoms. The van der Waals surface area contributed by atoms with Crippen LogP contribution in [-0.2, 0) is 13.1 Å². The predicted octanol–water partition coefficient (Wildman–Crippen LogP) is 2.69. The Balaban J connectivity index is 1.74. The van der Waals surface area contributed by atoms with Gasteiger partial charge in [-0.3, -0.25) is 14.3 Å². The molecule has 2 heterocycles. The van der Waals surface area contributed by atoms with Gasteiger partial charge in [0, 0.05) is 18.3 Å². The van der Waals surface area contributed by atoms with E-state index in [2.05, 4.69) is 15.7 Å². The van der Waals surface area contributed by atoms with Crippen LogP contribution in [0, 0.1) is 0 Å². The first-order valence-electron chi connectivity index (χ1n) is 8.44. The Hall–Kier alpha value is -3.55. The number of furan rings is 1. The molecular formula is C19H20N4O4. The number of nitrogens with one attached hydrogen (secondary N) is 2. The zero-order chi connectivity index (χ0) is 19.2. The lowest BCUT2D eigenvalue weighted by molar-refractivity contribution is 0.0943. The van der Waals surface area contributed by atoms with Gasteiger partial charge in [-0.2, -0.15) is 5.10 Å². The van der Waals surface area contributed by atoms with Crippen molar-refractivity contribution in [2.24, 2.45) is 0 Å². The van der Waals surface area contributed by atoms with Crippen LogP contribution in [0.1, 0.15) is 33.5 Å². The number of aryl methyl sites for hydroxylation is 1. The third-order valence-corrected chi connectivity index (χ3v) is 3.90. The van der Waals surface area contributed by atoms with E-state index in [9.17, 15) is 9.59 Å². The van der Waals surface area contributed by atoms with Gasteiger partial charge in [0.05, 0.1) is 25.6 Å². The maximum Gasteiger partial charge on any atom is 0.274 e. The summed E-state index contributed by atoms with van der Waals surface area (Å²) in [4.78, 5) is 25.0. The lowest BCUT2D eigenvalue weighted by Crippen LogP contribution is -2.25. The van der Waals surface area contributed by atoms with E-state index in [1.54, 1.807) is 54.4 Å². The van der Waals surface area contributed by atoms with Gasteiger partial charge in [0.1, 0.15) is 11.5 Å². The van der Waals surface area contributed by atoms with Crippen LogP contribution in [0.25, 0.3) is 0 Å². The molecule has 0 saturated carbocycles. The Morgan fingerprint density at radius 2 is 1.96 bits per heavy atom. The van der Waals surface area contributed by atoms with Crippen LogP contribution in [0.15, 0.2) is 53.3 Å². The molecule has 0 bridgehead atoms. The van der Waals surface area contributed by atoms with Crippen molar-refractivity contribution in [3.05, 3.63) is 65.9 Å². The van der Waals surface area contributed by atoms with E-state index in [0.717, 1.165) is 0 Å². The largest absolute Gasteiger partial charge is 0.497 e. The monoisotopic (exact) mass is 368 g/mol. The van der Waals surface area contributed by atoms with Crippen LogP contribution in [0.4, 0.5) is 5.69 Å². The second-order valence-electron chi connectivity index (χ2n) is 5.69. The molecule has 0 unspecified atom stereocenters. The molecule has 0 aliphatic heterocycles. The van der Waals surface area contributed by atoms with E-state index >= 15 is 0 Å². The average Bonchev–Trinajstić information content (AvgIpc) is 3.36. The van der Waals surface area contributed by atoms with Crippen LogP contribution >= 0.6 is 0 Å². The highest BCUT2D eigenvalue weighted by Crippen LogP contribution is 2.17. The highest BCUT2D eigenvalue weighted by Gasteiger charge is 2.19.